The fraction of sp³-hybridized carbons (Fsp3) is 0.739. The van der Waals surface area contributed by atoms with E-state index < -0.39 is 36.0 Å². The molecule has 200 valence electrons. The first kappa shape index (κ1) is 31.0. The van der Waals surface area contributed by atoms with Gasteiger partial charge in [0.2, 0.25) is 16.9 Å². The number of nitrogens with one attached hydrogen (secondary N) is 2. The van der Waals surface area contributed by atoms with Gasteiger partial charge in [0.1, 0.15) is 6.10 Å². The van der Waals surface area contributed by atoms with Crippen LogP contribution in [0.4, 0.5) is 0 Å². The largest absolute Gasteiger partial charge is 0.466 e. The smallest absolute Gasteiger partial charge is 0.330 e. The normalized spacial score (nSPS) is 21.2. The molecule has 1 heterocycles. The highest BCUT2D eigenvalue weighted by Crippen LogP contribution is 2.32. The summed E-state index contributed by atoms with van der Waals surface area (Å²) in [5.74, 6) is -0.956. The predicted molar refractivity (Wildman–Crippen MR) is 129 cm³/mol. The van der Waals surface area contributed by atoms with Crippen LogP contribution in [-0.4, -0.2) is 90.3 Å². The standard InChI is InChI=1S/C23H38N2O9S/c1-5-15(26)12-16(27)13-20-33-14-23(2,3)21(34-20)22(31)25-9-8-17(28)24-10-11-35-19(30)7-6-18(29)32-4/h6-7,15-16,20-21,26-27H,5,8-14H2,1-4H3,(H,24,28)(H,25,31)/b7-6+/t15?,16?,20?,21-/m0/s1. The van der Waals surface area contributed by atoms with Gasteiger partial charge in [0.05, 0.1) is 25.9 Å². The number of amides is 2. The zero-order valence-corrected chi connectivity index (χ0v) is 21.6. The van der Waals surface area contributed by atoms with Crippen molar-refractivity contribution in [1.29, 1.82) is 0 Å². The molecule has 0 saturated carbocycles. The van der Waals surface area contributed by atoms with Crippen molar-refractivity contribution in [2.45, 2.75) is 71.1 Å². The molecule has 4 atom stereocenters. The molecule has 2 amide bonds. The summed E-state index contributed by atoms with van der Waals surface area (Å²) in [6, 6.07) is 0. The Morgan fingerprint density at radius 2 is 1.86 bits per heavy atom. The molecule has 1 saturated heterocycles. The fourth-order valence-electron chi connectivity index (χ4n) is 3.17. The SMILES string of the molecule is CCC(O)CC(O)CC1OCC(C)(C)[C@H](C(=O)NCCC(=O)NCCSC(=O)/C=C/C(=O)OC)O1. The number of methoxy groups -OCH3 is 1. The van der Waals surface area contributed by atoms with Gasteiger partial charge in [-0.15, -0.1) is 0 Å². The van der Waals surface area contributed by atoms with Crippen LogP contribution in [0.3, 0.4) is 0 Å². The Kier molecular flexibility index (Phi) is 14.1. The summed E-state index contributed by atoms with van der Waals surface area (Å²) < 4.78 is 15.8. The summed E-state index contributed by atoms with van der Waals surface area (Å²) in [4.78, 5) is 47.2. The summed E-state index contributed by atoms with van der Waals surface area (Å²) in [6.07, 6.45) is 0.0165. The van der Waals surface area contributed by atoms with Gasteiger partial charge in [-0.25, -0.2) is 4.79 Å². The van der Waals surface area contributed by atoms with Crippen molar-refractivity contribution in [3.8, 4) is 0 Å². The maximum atomic E-state index is 12.7. The van der Waals surface area contributed by atoms with Crippen LogP contribution in [0.2, 0.25) is 0 Å². The number of hydrogen-bond donors (Lipinski definition) is 4. The molecule has 12 heteroatoms. The van der Waals surface area contributed by atoms with Gasteiger partial charge in [0.25, 0.3) is 0 Å². The van der Waals surface area contributed by atoms with Crippen molar-refractivity contribution in [2.24, 2.45) is 5.41 Å². The molecule has 35 heavy (non-hydrogen) atoms. The number of aliphatic hydroxyl groups is 2. The Bertz CT molecular complexity index is 745. The predicted octanol–water partition coefficient (Wildman–Crippen LogP) is 0.278. The maximum absolute atomic E-state index is 12.7. The minimum absolute atomic E-state index is 0.0489. The van der Waals surface area contributed by atoms with Crippen LogP contribution in [0.5, 0.6) is 0 Å². The minimum atomic E-state index is -0.826. The molecule has 0 spiro atoms. The lowest BCUT2D eigenvalue weighted by molar-refractivity contribution is -0.261. The van der Waals surface area contributed by atoms with Crippen molar-refractivity contribution in [1.82, 2.24) is 10.6 Å². The Hall–Kier alpha value is -1.99. The van der Waals surface area contributed by atoms with Gasteiger partial charge >= 0.3 is 5.97 Å². The van der Waals surface area contributed by atoms with Crippen LogP contribution in [0.1, 0.15) is 46.5 Å². The number of aliphatic hydroxyl groups excluding tert-OH is 2. The molecular formula is C23H38N2O9S. The molecule has 0 radical (unpaired) electrons. The number of carbonyl (C=O) groups is 4. The number of esters is 1. The Morgan fingerprint density at radius 3 is 2.51 bits per heavy atom. The monoisotopic (exact) mass is 518 g/mol. The van der Waals surface area contributed by atoms with Crippen LogP contribution in [-0.2, 0) is 33.4 Å². The lowest BCUT2D eigenvalue weighted by atomic mass is 9.85. The average molecular weight is 519 g/mol. The van der Waals surface area contributed by atoms with Gasteiger partial charge in [-0.3, -0.25) is 14.4 Å². The molecule has 0 aromatic rings. The first-order valence-corrected chi connectivity index (χ1v) is 12.6. The van der Waals surface area contributed by atoms with Crippen molar-refractivity contribution >= 4 is 34.7 Å². The molecule has 1 aliphatic rings. The van der Waals surface area contributed by atoms with E-state index in [0.717, 1.165) is 23.9 Å². The van der Waals surface area contributed by atoms with Crippen molar-refractivity contribution in [2.75, 3.05) is 32.6 Å². The quantitative estimate of drug-likeness (QED) is 0.143. The molecule has 0 bridgehead atoms. The third-order valence-corrected chi connectivity index (χ3v) is 6.06. The zero-order chi connectivity index (χ0) is 26.4. The first-order valence-electron chi connectivity index (χ1n) is 11.6. The number of hydrogen-bond acceptors (Lipinski definition) is 10. The number of thioether (sulfide) groups is 1. The molecule has 11 nitrogen and oxygen atoms in total. The second kappa shape index (κ2) is 15.9. The average Bonchev–Trinajstić information content (AvgIpc) is 2.80. The van der Waals surface area contributed by atoms with Crippen LogP contribution in [0.15, 0.2) is 12.2 Å². The van der Waals surface area contributed by atoms with E-state index in [9.17, 15) is 29.4 Å². The summed E-state index contributed by atoms with van der Waals surface area (Å²) in [5, 5.41) is 24.8. The number of rotatable bonds is 14. The van der Waals surface area contributed by atoms with E-state index >= 15 is 0 Å². The summed E-state index contributed by atoms with van der Waals surface area (Å²) in [5.41, 5.74) is -0.608. The van der Waals surface area contributed by atoms with E-state index in [4.69, 9.17) is 9.47 Å². The van der Waals surface area contributed by atoms with E-state index in [1.54, 1.807) is 0 Å². The van der Waals surface area contributed by atoms with Crippen LogP contribution in [0.25, 0.3) is 0 Å². The molecule has 1 fully saturated rings. The molecule has 0 aliphatic carbocycles. The van der Waals surface area contributed by atoms with Gasteiger partial charge < -0.3 is 35.1 Å². The van der Waals surface area contributed by atoms with Crippen molar-refractivity contribution < 1.29 is 43.6 Å². The molecule has 3 unspecified atom stereocenters. The molecule has 1 aliphatic heterocycles. The van der Waals surface area contributed by atoms with Crippen molar-refractivity contribution in [3.05, 3.63) is 12.2 Å². The molecular weight excluding hydrogens is 480 g/mol. The van der Waals surface area contributed by atoms with Crippen LogP contribution < -0.4 is 10.6 Å². The minimum Gasteiger partial charge on any atom is -0.466 e. The molecule has 4 N–H and O–H groups in total. The van der Waals surface area contributed by atoms with Gasteiger partial charge in [0.15, 0.2) is 6.29 Å². The molecule has 0 aromatic carbocycles. The third kappa shape index (κ3) is 12.5. The summed E-state index contributed by atoms with van der Waals surface area (Å²) in [6.45, 7) is 6.09. The highest BCUT2D eigenvalue weighted by atomic mass is 32.2. The van der Waals surface area contributed by atoms with E-state index in [1.807, 2.05) is 20.8 Å². The van der Waals surface area contributed by atoms with Gasteiger partial charge in [-0.2, -0.15) is 0 Å². The van der Waals surface area contributed by atoms with Crippen molar-refractivity contribution in [3.63, 3.8) is 0 Å². The fourth-order valence-corrected chi connectivity index (χ4v) is 3.74. The summed E-state index contributed by atoms with van der Waals surface area (Å²) >= 11 is 0.949. The number of ether oxygens (including phenoxy) is 3. The Balaban J connectivity index is 2.35. The highest BCUT2D eigenvalue weighted by Gasteiger charge is 2.43. The van der Waals surface area contributed by atoms with Gasteiger partial charge in [-0.1, -0.05) is 32.5 Å². The first-order chi connectivity index (χ1) is 16.5. The van der Waals surface area contributed by atoms with E-state index in [2.05, 4.69) is 15.4 Å². The van der Waals surface area contributed by atoms with Crippen LogP contribution in [0, 0.1) is 5.41 Å². The Morgan fingerprint density at radius 1 is 1.14 bits per heavy atom. The van der Waals surface area contributed by atoms with E-state index in [-0.39, 0.29) is 55.9 Å². The maximum Gasteiger partial charge on any atom is 0.330 e. The molecule has 0 aromatic heterocycles. The highest BCUT2D eigenvalue weighted by molar-refractivity contribution is 8.14. The Labute approximate surface area is 210 Å². The number of carbonyl (C=O) groups excluding carboxylic acids is 4. The second-order valence-corrected chi connectivity index (χ2v) is 9.95. The second-order valence-electron chi connectivity index (χ2n) is 8.85. The van der Waals surface area contributed by atoms with E-state index in [0.29, 0.717) is 12.2 Å². The lowest BCUT2D eigenvalue weighted by Crippen LogP contribution is -2.54. The topological polar surface area (TPSA) is 160 Å². The van der Waals surface area contributed by atoms with Crippen LogP contribution >= 0.6 is 11.8 Å². The summed E-state index contributed by atoms with van der Waals surface area (Å²) in [7, 11) is 1.21. The lowest BCUT2D eigenvalue weighted by Gasteiger charge is -2.41. The van der Waals surface area contributed by atoms with Gasteiger partial charge in [0, 0.05) is 43.2 Å². The third-order valence-electron chi connectivity index (χ3n) is 5.23. The zero-order valence-electron chi connectivity index (χ0n) is 20.8. The molecule has 1 rings (SSSR count). The van der Waals surface area contributed by atoms with Gasteiger partial charge in [-0.05, 0) is 18.9 Å². The van der Waals surface area contributed by atoms with E-state index in [1.165, 1.54) is 7.11 Å².